The zero-order chi connectivity index (χ0) is 24.7. The number of hydrogen-bond donors (Lipinski definition) is 1. The van der Waals surface area contributed by atoms with Gasteiger partial charge >= 0.3 is 0 Å². The van der Waals surface area contributed by atoms with Crippen molar-refractivity contribution in [3.63, 3.8) is 0 Å². The summed E-state index contributed by atoms with van der Waals surface area (Å²) in [7, 11) is 3.99. The van der Waals surface area contributed by atoms with Gasteiger partial charge in [-0.1, -0.05) is 36.4 Å². The van der Waals surface area contributed by atoms with Gasteiger partial charge in [0.15, 0.2) is 0 Å². The van der Waals surface area contributed by atoms with Gasteiger partial charge in [-0.15, -0.1) is 0 Å². The fraction of sp³-hybridized carbons (Fsp3) is 0.250. The number of ether oxygens (including phenoxy) is 1. The van der Waals surface area contributed by atoms with Gasteiger partial charge in [0, 0.05) is 58.2 Å². The second-order valence-electron chi connectivity index (χ2n) is 8.89. The van der Waals surface area contributed by atoms with Crippen LogP contribution in [0.5, 0.6) is 5.75 Å². The number of aromatic nitrogens is 3. The minimum atomic E-state index is 0.544. The largest absolute Gasteiger partial charge is 0.489 e. The monoisotopic (exact) mass is 481 g/mol. The summed E-state index contributed by atoms with van der Waals surface area (Å²) in [6, 6.07) is 26.1. The Bertz CT molecular complexity index is 1240. The molecule has 184 valence electrons. The zero-order valence-electron chi connectivity index (χ0n) is 20.7. The lowest BCUT2D eigenvalue weighted by molar-refractivity contribution is 0.306. The zero-order valence-corrected chi connectivity index (χ0v) is 20.7. The maximum absolute atomic E-state index is 5.91. The summed E-state index contributed by atoms with van der Waals surface area (Å²) in [5.74, 6) is 4.18. The minimum Gasteiger partial charge on any atom is -0.489 e. The third-order valence-corrected chi connectivity index (χ3v) is 6.07. The van der Waals surface area contributed by atoms with Gasteiger partial charge in [-0.05, 0) is 42.0 Å². The molecule has 0 atom stereocenters. The molecule has 1 aliphatic rings. The Kier molecular flexibility index (Phi) is 7.12. The number of rotatable bonds is 8. The maximum Gasteiger partial charge on any atom is 0.229 e. The molecule has 0 radical (unpaired) electrons. The Balaban J connectivity index is 1.25. The van der Waals surface area contributed by atoms with Crippen molar-refractivity contribution in [1.82, 2.24) is 15.0 Å². The molecule has 5 rings (SSSR count). The van der Waals surface area contributed by atoms with Gasteiger partial charge in [-0.3, -0.25) is 0 Å². The van der Waals surface area contributed by atoms with Gasteiger partial charge in [0.25, 0.3) is 0 Å². The molecular formula is C28H31N7O. The standard InChI is InChI=1S/C28H31N7O/c1-33(2)27-20-25(30-23-11-13-24(14-12-23)36-21-22-8-4-3-5-9-22)31-28(32-27)35-18-16-34(17-19-35)26-10-6-7-15-29-26/h3-15,20H,16-19,21H2,1-2H3,(H,30,31,32). The van der Waals surface area contributed by atoms with E-state index in [0.29, 0.717) is 6.61 Å². The van der Waals surface area contributed by atoms with Crippen molar-refractivity contribution in [3.05, 3.63) is 90.6 Å². The number of nitrogens with one attached hydrogen (secondary N) is 1. The van der Waals surface area contributed by atoms with Crippen molar-refractivity contribution in [1.29, 1.82) is 0 Å². The van der Waals surface area contributed by atoms with Gasteiger partial charge in [-0.2, -0.15) is 9.97 Å². The summed E-state index contributed by atoms with van der Waals surface area (Å²) in [6.07, 6.45) is 1.84. The van der Waals surface area contributed by atoms with E-state index < -0.39 is 0 Å². The van der Waals surface area contributed by atoms with Crippen LogP contribution in [0.2, 0.25) is 0 Å². The quantitative estimate of drug-likeness (QED) is 0.392. The summed E-state index contributed by atoms with van der Waals surface area (Å²) in [4.78, 5) is 20.7. The summed E-state index contributed by atoms with van der Waals surface area (Å²) >= 11 is 0. The van der Waals surface area contributed by atoms with E-state index >= 15 is 0 Å². The molecule has 36 heavy (non-hydrogen) atoms. The first kappa shape index (κ1) is 23.4. The van der Waals surface area contributed by atoms with E-state index in [2.05, 4.69) is 38.3 Å². The molecule has 4 aromatic rings. The van der Waals surface area contributed by atoms with E-state index in [1.54, 1.807) is 0 Å². The predicted molar refractivity (Wildman–Crippen MR) is 146 cm³/mol. The first-order chi connectivity index (χ1) is 17.6. The smallest absolute Gasteiger partial charge is 0.229 e. The molecule has 1 fully saturated rings. The summed E-state index contributed by atoms with van der Waals surface area (Å²) < 4.78 is 5.91. The lowest BCUT2D eigenvalue weighted by Crippen LogP contribution is -2.47. The second-order valence-corrected chi connectivity index (χ2v) is 8.89. The highest BCUT2D eigenvalue weighted by Crippen LogP contribution is 2.25. The van der Waals surface area contributed by atoms with E-state index in [1.807, 2.05) is 85.9 Å². The van der Waals surface area contributed by atoms with Crippen LogP contribution >= 0.6 is 0 Å². The molecule has 0 aliphatic carbocycles. The van der Waals surface area contributed by atoms with Crippen molar-refractivity contribution < 1.29 is 4.74 Å². The lowest BCUT2D eigenvalue weighted by atomic mass is 10.2. The van der Waals surface area contributed by atoms with Crippen LogP contribution in [0.1, 0.15) is 5.56 Å². The van der Waals surface area contributed by atoms with E-state index in [1.165, 1.54) is 0 Å². The molecule has 0 saturated carbocycles. The van der Waals surface area contributed by atoms with E-state index in [4.69, 9.17) is 14.7 Å². The molecule has 8 heteroatoms. The second kappa shape index (κ2) is 10.9. The van der Waals surface area contributed by atoms with Crippen LogP contribution in [0.15, 0.2) is 85.1 Å². The van der Waals surface area contributed by atoms with Gasteiger partial charge in [0.1, 0.15) is 29.8 Å². The topological polar surface area (TPSA) is 69.7 Å². The Morgan fingerprint density at radius 1 is 0.833 bits per heavy atom. The highest BCUT2D eigenvalue weighted by atomic mass is 16.5. The number of pyridine rings is 1. The first-order valence-corrected chi connectivity index (χ1v) is 12.2. The number of anilines is 5. The molecule has 1 aliphatic heterocycles. The molecule has 2 aromatic heterocycles. The van der Waals surface area contributed by atoms with Crippen LogP contribution in [0.4, 0.5) is 29.1 Å². The SMILES string of the molecule is CN(C)c1cc(Nc2ccc(OCc3ccccc3)cc2)nc(N2CCN(c3ccccn3)CC2)n1. The Labute approximate surface area is 212 Å². The number of hydrogen-bond acceptors (Lipinski definition) is 8. The number of piperazine rings is 1. The lowest BCUT2D eigenvalue weighted by Gasteiger charge is -2.35. The van der Waals surface area contributed by atoms with Crippen LogP contribution < -0.4 is 24.8 Å². The molecule has 2 aromatic carbocycles. The minimum absolute atomic E-state index is 0.544. The highest BCUT2D eigenvalue weighted by molar-refractivity contribution is 5.62. The average Bonchev–Trinajstić information content (AvgIpc) is 2.93. The maximum atomic E-state index is 5.91. The van der Waals surface area contributed by atoms with Crippen LogP contribution in [-0.2, 0) is 6.61 Å². The van der Waals surface area contributed by atoms with E-state index in [9.17, 15) is 0 Å². The van der Waals surface area contributed by atoms with Crippen molar-refractivity contribution in [3.8, 4) is 5.75 Å². The molecule has 1 N–H and O–H groups in total. The number of benzene rings is 2. The van der Waals surface area contributed by atoms with Gasteiger partial charge in [0.2, 0.25) is 5.95 Å². The summed E-state index contributed by atoms with van der Waals surface area (Å²) in [6.45, 7) is 3.96. The first-order valence-electron chi connectivity index (χ1n) is 12.2. The molecule has 3 heterocycles. The van der Waals surface area contributed by atoms with Crippen molar-refractivity contribution in [2.45, 2.75) is 6.61 Å². The van der Waals surface area contributed by atoms with Crippen LogP contribution in [0.25, 0.3) is 0 Å². The predicted octanol–water partition coefficient (Wildman–Crippen LogP) is 4.59. The molecule has 8 nitrogen and oxygen atoms in total. The van der Waals surface area contributed by atoms with Crippen molar-refractivity contribution in [2.24, 2.45) is 0 Å². The van der Waals surface area contributed by atoms with E-state index in [-0.39, 0.29) is 0 Å². The van der Waals surface area contributed by atoms with Crippen molar-refractivity contribution in [2.75, 3.05) is 60.3 Å². The van der Waals surface area contributed by atoms with E-state index in [0.717, 1.165) is 66.6 Å². The van der Waals surface area contributed by atoms with Crippen molar-refractivity contribution >= 4 is 29.1 Å². The van der Waals surface area contributed by atoms with Crippen LogP contribution in [-0.4, -0.2) is 55.2 Å². The van der Waals surface area contributed by atoms with Gasteiger partial charge in [-0.25, -0.2) is 4.98 Å². The molecule has 0 amide bonds. The van der Waals surface area contributed by atoms with Crippen LogP contribution in [0, 0.1) is 0 Å². The number of nitrogens with zero attached hydrogens (tertiary/aromatic N) is 6. The van der Waals surface area contributed by atoms with Gasteiger partial charge < -0.3 is 24.8 Å². The molecule has 0 unspecified atom stereocenters. The Hall–Kier alpha value is -4.33. The average molecular weight is 482 g/mol. The highest BCUT2D eigenvalue weighted by Gasteiger charge is 2.21. The third-order valence-electron chi connectivity index (χ3n) is 6.07. The Morgan fingerprint density at radius 3 is 2.25 bits per heavy atom. The summed E-state index contributed by atoms with van der Waals surface area (Å²) in [5.41, 5.74) is 2.08. The Morgan fingerprint density at radius 2 is 1.56 bits per heavy atom. The molecule has 0 bridgehead atoms. The van der Waals surface area contributed by atoms with Gasteiger partial charge in [0.05, 0.1) is 0 Å². The fourth-order valence-corrected chi connectivity index (χ4v) is 4.06. The van der Waals surface area contributed by atoms with Crippen LogP contribution in [0.3, 0.4) is 0 Å². The fourth-order valence-electron chi connectivity index (χ4n) is 4.06. The normalized spacial score (nSPS) is 13.4. The third kappa shape index (κ3) is 5.83. The molecule has 0 spiro atoms. The molecular weight excluding hydrogens is 450 g/mol. The summed E-state index contributed by atoms with van der Waals surface area (Å²) in [5, 5.41) is 3.43. The molecule has 1 saturated heterocycles.